The lowest BCUT2D eigenvalue weighted by Gasteiger charge is -2.22. The summed E-state index contributed by atoms with van der Waals surface area (Å²) in [6.45, 7) is 0. The van der Waals surface area contributed by atoms with Crippen LogP contribution >= 0.6 is 15.9 Å². The second-order valence-corrected chi connectivity index (χ2v) is 10.4. The lowest BCUT2D eigenvalue weighted by molar-refractivity contribution is -0.387. The number of nitro benzene ring substituents is 1. The maximum Gasteiger partial charge on any atom is 0.307 e. The third-order valence-corrected chi connectivity index (χ3v) is 6.89. The molecule has 0 aliphatic carbocycles. The number of nitrogens with zero attached hydrogens (tertiary/aromatic N) is 6. The van der Waals surface area contributed by atoms with Gasteiger partial charge in [0, 0.05) is 37.8 Å². The second-order valence-electron chi connectivity index (χ2n) is 7.52. The summed E-state index contributed by atoms with van der Waals surface area (Å²) < 4.78 is 45.4. The number of sulfonamides is 1. The van der Waals surface area contributed by atoms with Gasteiger partial charge in [-0.25, -0.2) is 13.4 Å². The normalized spacial score (nSPS) is 11.3. The maximum absolute atomic E-state index is 14.0. The van der Waals surface area contributed by atoms with Gasteiger partial charge in [0.05, 0.1) is 39.7 Å². The number of ether oxygens (including phenoxy) is 1. The largest absolute Gasteiger partial charge is 0.494 e. The van der Waals surface area contributed by atoms with Gasteiger partial charge in [-0.05, 0) is 28.1 Å². The van der Waals surface area contributed by atoms with E-state index in [1.807, 2.05) is 0 Å². The van der Waals surface area contributed by atoms with Gasteiger partial charge < -0.3 is 15.4 Å². The van der Waals surface area contributed by atoms with Crippen molar-refractivity contribution in [2.45, 2.75) is 0 Å². The SMILES string of the molecule is COc1cc(F)c([N+](=O)[O-])cc1Nc1ncc(Br)c(Nc2ccc3nccnc3c2N(C)S(C)(=O)=O)n1. The van der Waals surface area contributed by atoms with E-state index in [4.69, 9.17) is 4.74 Å². The molecule has 0 saturated carbocycles. The number of nitrogens with one attached hydrogen (secondary N) is 2. The van der Waals surface area contributed by atoms with Gasteiger partial charge in [0.25, 0.3) is 0 Å². The molecule has 37 heavy (non-hydrogen) atoms. The highest BCUT2D eigenvalue weighted by Gasteiger charge is 2.22. The Morgan fingerprint density at radius 2 is 1.86 bits per heavy atom. The van der Waals surface area contributed by atoms with Crippen LogP contribution < -0.4 is 19.7 Å². The highest BCUT2D eigenvalue weighted by molar-refractivity contribution is 9.10. The highest BCUT2D eigenvalue weighted by Crippen LogP contribution is 2.37. The van der Waals surface area contributed by atoms with Gasteiger partial charge in [-0.3, -0.25) is 24.4 Å². The van der Waals surface area contributed by atoms with E-state index in [-0.39, 0.29) is 28.9 Å². The summed E-state index contributed by atoms with van der Waals surface area (Å²) in [6.07, 6.45) is 5.41. The Labute approximate surface area is 218 Å². The first-order chi connectivity index (χ1) is 17.5. The van der Waals surface area contributed by atoms with Gasteiger partial charge in [-0.2, -0.15) is 9.37 Å². The molecule has 2 heterocycles. The van der Waals surface area contributed by atoms with Crippen LogP contribution in [-0.2, 0) is 10.0 Å². The summed E-state index contributed by atoms with van der Waals surface area (Å²) in [4.78, 5) is 27.4. The van der Waals surface area contributed by atoms with Crippen LogP contribution in [0.1, 0.15) is 0 Å². The van der Waals surface area contributed by atoms with Crippen LogP contribution in [0.4, 0.5) is 38.9 Å². The molecule has 0 aliphatic heterocycles. The number of nitro groups is 1. The fourth-order valence-corrected chi connectivity index (χ4v) is 4.13. The predicted octanol–water partition coefficient (Wildman–Crippen LogP) is 4.12. The second kappa shape index (κ2) is 10.1. The van der Waals surface area contributed by atoms with Gasteiger partial charge in [0.15, 0.2) is 0 Å². The lowest BCUT2D eigenvalue weighted by Crippen LogP contribution is -2.26. The Morgan fingerprint density at radius 1 is 1.14 bits per heavy atom. The number of aromatic nitrogens is 4. The summed E-state index contributed by atoms with van der Waals surface area (Å²) in [7, 11) is -1.00. The van der Waals surface area contributed by atoms with Crippen LogP contribution in [0.5, 0.6) is 5.75 Å². The van der Waals surface area contributed by atoms with E-state index in [1.54, 1.807) is 12.1 Å². The molecule has 4 aromatic rings. The Morgan fingerprint density at radius 3 is 2.54 bits per heavy atom. The lowest BCUT2D eigenvalue weighted by atomic mass is 10.2. The number of anilines is 5. The maximum atomic E-state index is 14.0. The molecule has 0 radical (unpaired) electrons. The fraction of sp³-hybridized carbons (Fsp3) is 0.143. The van der Waals surface area contributed by atoms with Crippen LogP contribution in [0.2, 0.25) is 0 Å². The number of benzene rings is 2. The van der Waals surface area contributed by atoms with Crippen molar-refractivity contribution < 1.29 is 22.5 Å². The van der Waals surface area contributed by atoms with E-state index in [9.17, 15) is 22.9 Å². The van der Waals surface area contributed by atoms with Crippen LogP contribution in [0, 0.1) is 15.9 Å². The van der Waals surface area contributed by atoms with Gasteiger partial charge in [0.1, 0.15) is 22.8 Å². The van der Waals surface area contributed by atoms with Crippen LogP contribution in [0.3, 0.4) is 0 Å². The molecule has 13 nitrogen and oxygen atoms in total. The molecule has 4 rings (SSSR count). The van der Waals surface area contributed by atoms with E-state index in [0.717, 1.165) is 22.7 Å². The molecule has 0 spiro atoms. The Kier molecular flexibility index (Phi) is 7.04. The molecule has 16 heteroatoms. The van der Waals surface area contributed by atoms with Gasteiger partial charge in [-0.1, -0.05) is 0 Å². The van der Waals surface area contributed by atoms with E-state index < -0.39 is 26.5 Å². The standard InChI is InChI=1S/C21H18BrFN8O5S/c1-30(37(3,34)35)19-14(5-4-13-18(19)25-7-6-24-13)27-20-11(22)10-26-21(29-20)28-15-9-16(31(32)33)12(23)8-17(15)36-2/h4-10H,1-3H3,(H2,26,27,28,29). The van der Waals surface area contributed by atoms with Crippen molar-refractivity contribution in [1.29, 1.82) is 0 Å². The van der Waals surface area contributed by atoms with Gasteiger partial charge >= 0.3 is 5.69 Å². The molecule has 2 N–H and O–H groups in total. The number of hydrogen-bond donors (Lipinski definition) is 2. The van der Waals surface area contributed by atoms with Crippen LogP contribution in [0.15, 0.2) is 47.3 Å². The molecule has 0 bridgehead atoms. The monoisotopic (exact) mass is 592 g/mol. The van der Waals surface area contributed by atoms with Gasteiger partial charge in [-0.15, -0.1) is 0 Å². The summed E-state index contributed by atoms with van der Waals surface area (Å²) in [5.41, 5.74) is 0.706. The molecule has 0 amide bonds. The summed E-state index contributed by atoms with van der Waals surface area (Å²) in [5, 5.41) is 17.0. The zero-order valence-electron chi connectivity index (χ0n) is 19.4. The molecule has 0 fully saturated rings. The first-order valence-corrected chi connectivity index (χ1v) is 12.9. The minimum Gasteiger partial charge on any atom is -0.494 e. The summed E-state index contributed by atoms with van der Waals surface area (Å²) in [6, 6.07) is 5.14. The van der Waals surface area contributed by atoms with Gasteiger partial charge in [0.2, 0.25) is 21.8 Å². The van der Waals surface area contributed by atoms with Crippen molar-refractivity contribution in [2.75, 3.05) is 35.4 Å². The zero-order valence-corrected chi connectivity index (χ0v) is 21.8. The molecule has 0 atom stereocenters. The quantitative estimate of drug-likeness (QED) is 0.223. The summed E-state index contributed by atoms with van der Waals surface area (Å²) >= 11 is 3.35. The molecule has 2 aromatic carbocycles. The highest BCUT2D eigenvalue weighted by atomic mass is 79.9. The third kappa shape index (κ3) is 5.34. The molecule has 0 aliphatic rings. The number of methoxy groups -OCH3 is 1. The fourth-order valence-electron chi connectivity index (χ4n) is 3.32. The number of rotatable bonds is 8. The van der Waals surface area contributed by atoms with Crippen molar-refractivity contribution in [1.82, 2.24) is 19.9 Å². The smallest absolute Gasteiger partial charge is 0.307 e. The van der Waals surface area contributed by atoms with E-state index >= 15 is 0 Å². The molecule has 192 valence electrons. The number of hydrogen-bond acceptors (Lipinski definition) is 11. The zero-order chi connectivity index (χ0) is 26.9. The Bertz CT molecular complexity index is 1640. The van der Waals surface area contributed by atoms with Crippen molar-refractivity contribution in [3.63, 3.8) is 0 Å². The predicted molar refractivity (Wildman–Crippen MR) is 139 cm³/mol. The third-order valence-electron chi connectivity index (χ3n) is 5.14. The summed E-state index contributed by atoms with van der Waals surface area (Å²) in [5.74, 6) is -0.856. The van der Waals surface area contributed by atoms with Crippen molar-refractivity contribution in [3.05, 3.63) is 63.3 Å². The molecular weight excluding hydrogens is 575 g/mol. The molecular formula is C21H18BrFN8O5S. The van der Waals surface area contributed by atoms with Crippen molar-refractivity contribution in [2.24, 2.45) is 0 Å². The average Bonchev–Trinajstić information content (AvgIpc) is 2.85. The average molecular weight is 593 g/mol. The Hall–Kier alpha value is -4.18. The topological polar surface area (TPSA) is 165 Å². The van der Waals surface area contributed by atoms with E-state index in [0.29, 0.717) is 21.2 Å². The van der Waals surface area contributed by atoms with Crippen LogP contribution in [-0.4, -0.2) is 53.7 Å². The molecule has 0 unspecified atom stereocenters. The van der Waals surface area contributed by atoms with E-state index in [2.05, 4.69) is 46.5 Å². The van der Waals surface area contributed by atoms with Crippen molar-refractivity contribution in [3.8, 4) is 5.75 Å². The number of fused-ring (bicyclic) bond motifs is 1. The van der Waals surface area contributed by atoms with Crippen molar-refractivity contribution >= 4 is 71.5 Å². The molecule has 0 saturated heterocycles. The van der Waals surface area contributed by atoms with Crippen LogP contribution in [0.25, 0.3) is 11.0 Å². The minimum atomic E-state index is -3.67. The number of halogens is 2. The first kappa shape index (κ1) is 25.9. The van der Waals surface area contributed by atoms with E-state index in [1.165, 1.54) is 32.7 Å². The minimum absolute atomic E-state index is 0.00528. The first-order valence-electron chi connectivity index (χ1n) is 10.3. The Balaban J connectivity index is 1.77. The molecule has 2 aromatic heterocycles.